The van der Waals surface area contributed by atoms with E-state index < -0.39 is 0 Å². The summed E-state index contributed by atoms with van der Waals surface area (Å²) in [5.41, 5.74) is 4.65. The summed E-state index contributed by atoms with van der Waals surface area (Å²) in [7, 11) is 0. The van der Waals surface area contributed by atoms with E-state index in [2.05, 4.69) is 89.9 Å². The van der Waals surface area contributed by atoms with Gasteiger partial charge >= 0.3 is 0 Å². The van der Waals surface area contributed by atoms with Gasteiger partial charge in [-0.25, -0.2) is 5.01 Å². The van der Waals surface area contributed by atoms with Crippen molar-refractivity contribution in [2.45, 2.75) is 18.7 Å². The number of benzene rings is 4. The monoisotopic (exact) mass is 376 g/mol. The summed E-state index contributed by atoms with van der Waals surface area (Å²) in [6.07, 6.45) is 0.633. The van der Waals surface area contributed by atoms with Crippen LogP contribution in [0.4, 0.5) is 0 Å². The Morgan fingerprint density at radius 1 is 0.724 bits per heavy atom. The summed E-state index contributed by atoms with van der Waals surface area (Å²) < 4.78 is 6.54. The van der Waals surface area contributed by atoms with Crippen LogP contribution in [0.5, 0.6) is 5.75 Å². The fourth-order valence-electron chi connectivity index (χ4n) is 4.51. The highest BCUT2D eigenvalue weighted by Gasteiger charge is 2.41. The normalized spacial score (nSPS) is 20.0. The quantitative estimate of drug-likeness (QED) is 0.423. The Morgan fingerprint density at radius 3 is 2.38 bits per heavy atom. The number of hydrogen-bond acceptors (Lipinski definition) is 3. The lowest BCUT2D eigenvalue weighted by molar-refractivity contribution is -0.0180. The van der Waals surface area contributed by atoms with E-state index in [4.69, 9.17) is 9.84 Å². The van der Waals surface area contributed by atoms with Crippen LogP contribution in [0.15, 0.2) is 102 Å². The zero-order valence-electron chi connectivity index (χ0n) is 15.9. The van der Waals surface area contributed by atoms with Crippen molar-refractivity contribution >= 4 is 16.5 Å². The standard InChI is InChI=1S/C26H20N2O/c1-2-10-19(11-3-1)23-17-24-22-14-6-7-16-25(22)29-26(28(24)27-23)21-15-8-12-18-9-4-5-13-20(18)21/h1-16,24,26H,17H2/t24-,26-/m1/s1. The van der Waals surface area contributed by atoms with Crippen molar-refractivity contribution in [1.82, 2.24) is 5.01 Å². The van der Waals surface area contributed by atoms with Crippen LogP contribution < -0.4 is 4.74 Å². The number of nitrogens with zero attached hydrogens (tertiary/aromatic N) is 2. The Morgan fingerprint density at radius 2 is 1.45 bits per heavy atom. The van der Waals surface area contributed by atoms with Gasteiger partial charge in [0.2, 0.25) is 6.23 Å². The highest BCUT2D eigenvalue weighted by Crippen LogP contribution is 2.48. The van der Waals surface area contributed by atoms with E-state index in [0.29, 0.717) is 0 Å². The van der Waals surface area contributed by atoms with Gasteiger partial charge in [0, 0.05) is 17.5 Å². The number of ether oxygens (including phenoxy) is 1. The van der Waals surface area contributed by atoms with E-state index in [9.17, 15) is 0 Å². The van der Waals surface area contributed by atoms with E-state index >= 15 is 0 Å². The Labute approximate surface area is 169 Å². The van der Waals surface area contributed by atoms with Crippen molar-refractivity contribution in [2.75, 3.05) is 0 Å². The molecule has 0 aliphatic carbocycles. The van der Waals surface area contributed by atoms with Gasteiger partial charge in [-0.2, -0.15) is 5.10 Å². The fourth-order valence-corrected chi connectivity index (χ4v) is 4.51. The molecule has 0 saturated carbocycles. The molecule has 0 amide bonds. The second-order valence-electron chi connectivity index (χ2n) is 7.59. The highest BCUT2D eigenvalue weighted by molar-refractivity contribution is 6.02. The summed E-state index contributed by atoms with van der Waals surface area (Å²) in [6, 6.07) is 33.9. The van der Waals surface area contributed by atoms with Gasteiger partial charge in [-0.05, 0) is 22.4 Å². The molecule has 0 spiro atoms. The smallest absolute Gasteiger partial charge is 0.214 e. The molecule has 140 valence electrons. The maximum atomic E-state index is 6.54. The molecule has 3 nitrogen and oxygen atoms in total. The summed E-state index contributed by atoms with van der Waals surface area (Å²) in [6.45, 7) is 0. The third-order valence-electron chi connectivity index (χ3n) is 5.90. The van der Waals surface area contributed by atoms with Crippen LogP contribution in [0.2, 0.25) is 0 Å². The predicted octanol–water partition coefficient (Wildman–Crippen LogP) is 6.08. The highest BCUT2D eigenvalue weighted by atomic mass is 16.5. The van der Waals surface area contributed by atoms with Crippen molar-refractivity contribution in [1.29, 1.82) is 0 Å². The lowest BCUT2D eigenvalue weighted by Gasteiger charge is -2.38. The third kappa shape index (κ3) is 2.62. The molecule has 2 atom stereocenters. The molecule has 2 heterocycles. The average Bonchev–Trinajstić information content (AvgIpc) is 3.25. The molecule has 0 aromatic heterocycles. The molecular formula is C26H20N2O. The molecule has 0 fully saturated rings. The van der Waals surface area contributed by atoms with Crippen LogP contribution in [0.1, 0.15) is 35.4 Å². The largest absolute Gasteiger partial charge is 0.464 e. The second kappa shape index (κ2) is 6.49. The van der Waals surface area contributed by atoms with Gasteiger partial charge in [0.1, 0.15) is 5.75 Å². The first-order chi connectivity index (χ1) is 14.4. The van der Waals surface area contributed by atoms with Gasteiger partial charge in [0.15, 0.2) is 0 Å². The average molecular weight is 376 g/mol. The van der Waals surface area contributed by atoms with Crippen molar-refractivity contribution in [2.24, 2.45) is 5.10 Å². The molecule has 2 aliphatic heterocycles. The van der Waals surface area contributed by atoms with E-state index in [1.807, 2.05) is 12.1 Å². The van der Waals surface area contributed by atoms with Gasteiger partial charge in [-0.1, -0.05) is 91.0 Å². The van der Waals surface area contributed by atoms with Gasteiger partial charge in [0.05, 0.1) is 11.8 Å². The molecule has 0 saturated heterocycles. The minimum atomic E-state index is -0.248. The molecule has 2 aliphatic rings. The van der Waals surface area contributed by atoms with Gasteiger partial charge in [-0.15, -0.1) is 0 Å². The first-order valence-corrected chi connectivity index (χ1v) is 10.0. The molecule has 0 unspecified atom stereocenters. The summed E-state index contributed by atoms with van der Waals surface area (Å²) in [5.74, 6) is 0.955. The Hall–Kier alpha value is -3.59. The van der Waals surface area contributed by atoms with Crippen LogP contribution in [0.3, 0.4) is 0 Å². The number of hydrazone groups is 1. The first kappa shape index (κ1) is 16.4. The minimum absolute atomic E-state index is 0.180. The molecule has 4 aromatic carbocycles. The molecule has 0 N–H and O–H groups in total. The summed E-state index contributed by atoms with van der Waals surface area (Å²) >= 11 is 0. The van der Waals surface area contributed by atoms with Crippen molar-refractivity contribution in [3.63, 3.8) is 0 Å². The van der Waals surface area contributed by atoms with Gasteiger partial charge in [-0.3, -0.25) is 0 Å². The van der Waals surface area contributed by atoms with E-state index in [0.717, 1.165) is 23.4 Å². The maximum absolute atomic E-state index is 6.54. The van der Waals surface area contributed by atoms with E-state index in [1.54, 1.807) is 0 Å². The molecule has 0 bridgehead atoms. The Balaban J connectivity index is 1.52. The van der Waals surface area contributed by atoms with Crippen molar-refractivity contribution in [3.8, 4) is 5.75 Å². The first-order valence-electron chi connectivity index (χ1n) is 10.0. The van der Waals surface area contributed by atoms with Gasteiger partial charge < -0.3 is 4.74 Å². The van der Waals surface area contributed by atoms with Crippen LogP contribution >= 0.6 is 0 Å². The molecular weight excluding hydrogens is 356 g/mol. The van der Waals surface area contributed by atoms with Crippen LogP contribution in [-0.4, -0.2) is 10.7 Å². The van der Waals surface area contributed by atoms with Crippen molar-refractivity contribution in [3.05, 3.63) is 114 Å². The number of hydrogen-bond donors (Lipinski definition) is 0. The third-order valence-corrected chi connectivity index (χ3v) is 5.90. The fraction of sp³-hybridized carbons (Fsp3) is 0.115. The van der Waals surface area contributed by atoms with Crippen LogP contribution in [0.25, 0.3) is 10.8 Å². The lowest BCUT2D eigenvalue weighted by Crippen LogP contribution is -2.33. The SMILES string of the molecule is c1ccc(C2=NN3[C@H](C2)c2ccccc2O[C@@H]3c2cccc3ccccc23)cc1. The predicted molar refractivity (Wildman–Crippen MR) is 116 cm³/mol. The molecule has 4 aromatic rings. The Kier molecular flexibility index (Phi) is 3.66. The van der Waals surface area contributed by atoms with Crippen LogP contribution in [0, 0.1) is 0 Å². The minimum Gasteiger partial charge on any atom is -0.464 e. The lowest BCUT2D eigenvalue weighted by atomic mass is 9.95. The summed E-state index contributed by atoms with van der Waals surface area (Å²) in [5, 5.41) is 9.66. The number of rotatable bonds is 2. The van der Waals surface area contributed by atoms with Crippen LogP contribution in [-0.2, 0) is 0 Å². The molecule has 0 radical (unpaired) electrons. The number of fused-ring (bicyclic) bond motifs is 4. The van der Waals surface area contributed by atoms with Crippen molar-refractivity contribution < 1.29 is 4.74 Å². The van der Waals surface area contributed by atoms with Gasteiger partial charge in [0.25, 0.3) is 0 Å². The molecule has 6 rings (SSSR count). The Bertz CT molecular complexity index is 1230. The number of para-hydroxylation sites is 1. The topological polar surface area (TPSA) is 24.8 Å². The zero-order valence-corrected chi connectivity index (χ0v) is 15.9. The van der Waals surface area contributed by atoms with E-state index in [1.165, 1.54) is 21.9 Å². The summed E-state index contributed by atoms with van der Waals surface area (Å²) in [4.78, 5) is 0. The van der Waals surface area contributed by atoms with E-state index in [-0.39, 0.29) is 12.3 Å². The molecule has 3 heteroatoms. The maximum Gasteiger partial charge on any atom is 0.214 e. The molecule has 29 heavy (non-hydrogen) atoms. The zero-order chi connectivity index (χ0) is 19.2. The second-order valence-corrected chi connectivity index (χ2v) is 7.59.